The summed E-state index contributed by atoms with van der Waals surface area (Å²) in [7, 11) is 0. The van der Waals surface area contributed by atoms with Gasteiger partial charge in [-0.25, -0.2) is 4.39 Å². The Balaban J connectivity index is 3.21. The highest BCUT2D eigenvalue weighted by atomic mass is 19.1. The van der Waals surface area contributed by atoms with Crippen molar-refractivity contribution >= 4 is 5.69 Å². The molecule has 0 fully saturated rings. The lowest BCUT2D eigenvalue weighted by atomic mass is 10.2. The highest BCUT2D eigenvalue weighted by molar-refractivity contribution is 5.40. The fraction of sp³-hybridized carbons (Fsp3) is 0.143. The number of halogens is 1. The number of nitrogens with zero attached hydrogens (tertiary/aromatic N) is 1. The first-order valence-electron chi connectivity index (χ1n) is 2.83. The Morgan fingerprint density at radius 2 is 2.20 bits per heavy atom. The van der Waals surface area contributed by atoms with Crippen LogP contribution in [0.3, 0.4) is 0 Å². The Bertz CT molecular complexity index is 260. The van der Waals surface area contributed by atoms with Gasteiger partial charge in [0.25, 0.3) is 0 Å². The topological polar surface area (TPSA) is 29.4 Å². The summed E-state index contributed by atoms with van der Waals surface area (Å²) >= 11 is 0. The molecule has 0 N–H and O–H groups in total. The van der Waals surface area contributed by atoms with Gasteiger partial charge in [0.15, 0.2) is 5.82 Å². The van der Waals surface area contributed by atoms with Gasteiger partial charge in [-0.1, -0.05) is 6.07 Å². The Labute approximate surface area is 57.7 Å². The van der Waals surface area contributed by atoms with Gasteiger partial charge in [0, 0.05) is 0 Å². The van der Waals surface area contributed by atoms with Crippen LogP contribution in [-0.4, -0.2) is 0 Å². The maximum atomic E-state index is 12.5. The van der Waals surface area contributed by atoms with Crippen molar-refractivity contribution in [3.63, 3.8) is 0 Å². The summed E-state index contributed by atoms with van der Waals surface area (Å²) in [5.74, 6) is -0.569. The number of hydrogen-bond acceptors (Lipinski definition) is 2. The summed E-state index contributed by atoms with van der Waals surface area (Å²) in [5.41, 5.74) is 0.705. The quantitative estimate of drug-likeness (QED) is 0.549. The molecule has 0 aromatic heterocycles. The summed E-state index contributed by atoms with van der Waals surface area (Å²) < 4.78 is 12.5. The number of nitroso groups, excluding NO2 is 1. The number of rotatable bonds is 1. The van der Waals surface area contributed by atoms with Gasteiger partial charge in [-0.2, -0.15) is 0 Å². The van der Waals surface area contributed by atoms with E-state index in [4.69, 9.17) is 0 Å². The zero-order valence-electron chi connectivity index (χ0n) is 5.47. The summed E-state index contributed by atoms with van der Waals surface area (Å²) in [6.07, 6.45) is 0. The monoisotopic (exact) mass is 139 g/mol. The second-order valence-electron chi connectivity index (χ2n) is 2.05. The molecule has 0 saturated carbocycles. The third kappa shape index (κ3) is 1.18. The Kier molecular flexibility index (Phi) is 1.76. The molecule has 0 bridgehead atoms. The molecule has 3 heteroatoms. The molecule has 0 amide bonds. The van der Waals surface area contributed by atoms with E-state index in [0.29, 0.717) is 0 Å². The molecule has 0 radical (unpaired) electrons. The van der Waals surface area contributed by atoms with E-state index in [1.54, 1.807) is 13.0 Å². The molecule has 0 unspecified atom stereocenters. The molecule has 1 rings (SSSR count). The molecule has 0 aliphatic rings. The average molecular weight is 139 g/mol. The summed E-state index contributed by atoms with van der Waals surface area (Å²) in [6, 6.07) is 4.22. The third-order valence-corrected chi connectivity index (χ3v) is 1.20. The van der Waals surface area contributed by atoms with Crippen molar-refractivity contribution in [3.05, 3.63) is 34.5 Å². The van der Waals surface area contributed by atoms with Crippen LogP contribution in [0.25, 0.3) is 0 Å². The molecule has 1 aromatic rings. The summed E-state index contributed by atoms with van der Waals surface area (Å²) in [6.45, 7) is 1.77. The maximum absolute atomic E-state index is 12.5. The minimum Gasteiger partial charge on any atom is -0.204 e. The average Bonchev–Trinajstić information content (AvgIpc) is 1.94. The normalized spacial score (nSPS) is 9.40. The van der Waals surface area contributed by atoms with E-state index in [-0.39, 0.29) is 5.69 Å². The molecule has 10 heavy (non-hydrogen) atoms. The van der Waals surface area contributed by atoms with Gasteiger partial charge in [-0.05, 0) is 29.8 Å². The zero-order valence-corrected chi connectivity index (χ0v) is 5.47. The summed E-state index contributed by atoms with van der Waals surface area (Å²) in [4.78, 5) is 9.89. The fourth-order valence-electron chi connectivity index (χ4n) is 0.693. The first kappa shape index (κ1) is 6.86. The predicted octanol–water partition coefficient (Wildman–Crippen LogP) is 2.53. The number of hydrogen-bond donors (Lipinski definition) is 0. The summed E-state index contributed by atoms with van der Waals surface area (Å²) in [5, 5.41) is 2.51. The van der Waals surface area contributed by atoms with Crippen molar-refractivity contribution in [1.29, 1.82) is 0 Å². The molecule has 0 saturated heterocycles. The van der Waals surface area contributed by atoms with Gasteiger partial charge in [0.2, 0.25) is 0 Å². The van der Waals surface area contributed by atoms with E-state index >= 15 is 0 Å². The van der Waals surface area contributed by atoms with Gasteiger partial charge in [0.05, 0.1) is 0 Å². The Morgan fingerprint density at radius 1 is 1.50 bits per heavy atom. The minimum absolute atomic E-state index is 0.125. The molecular weight excluding hydrogens is 133 g/mol. The van der Waals surface area contributed by atoms with Crippen molar-refractivity contribution in [1.82, 2.24) is 0 Å². The van der Waals surface area contributed by atoms with Crippen LogP contribution in [0.2, 0.25) is 0 Å². The van der Waals surface area contributed by atoms with Gasteiger partial charge in [0.1, 0.15) is 5.69 Å². The molecule has 1 aromatic carbocycles. The van der Waals surface area contributed by atoms with E-state index in [2.05, 4.69) is 5.18 Å². The maximum Gasteiger partial charge on any atom is 0.152 e. The molecule has 52 valence electrons. The van der Waals surface area contributed by atoms with Gasteiger partial charge >= 0.3 is 0 Å². The highest BCUT2D eigenvalue weighted by Gasteiger charge is 1.99. The van der Waals surface area contributed by atoms with Gasteiger partial charge in [-0.3, -0.25) is 0 Å². The van der Waals surface area contributed by atoms with Crippen LogP contribution in [0.15, 0.2) is 23.4 Å². The minimum atomic E-state index is -0.569. The van der Waals surface area contributed by atoms with Crippen LogP contribution in [0.4, 0.5) is 10.1 Å². The predicted molar refractivity (Wildman–Crippen MR) is 36.6 cm³/mol. The Morgan fingerprint density at radius 3 is 2.70 bits per heavy atom. The van der Waals surface area contributed by atoms with E-state index in [9.17, 15) is 9.30 Å². The fourth-order valence-corrected chi connectivity index (χ4v) is 0.693. The standard InChI is InChI=1S/C7H6FNO/c1-5-2-3-6(8)7(4-5)9-10/h2-4H,1H3. The van der Waals surface area contributed by atoms with Crippen LogP contribution < -0.4 is 0 Å². The lowest BCUT2D eigenvalue weighted by Gasteiger charge is -1.92. The van der Waals surface area contributed by atoms with E-state index in [0.717, 1.165) is 5.56 Å². The van der Waals surface area contributed by atoms with E-state index < -0.39 is 5.82 Å². The molecule has 0 aliphatic carbocycles. The van der Waals surface area contributed by atoms with Crippen LogP contribution in [-0.2, 0) is 0 Å². The first-order chi connectivity index (χ1) is 4.74. The van der Waals surface area contributed by atoms with Crippen molar-refractivity contribution in [2.45, 2.75) is 6.92 Å². The van der Waals surface area contributed by atoms with Crippen molar-refractivity contribution in [2.75, 3.05) is 0 Å². The first-order valence-corrected chi connectivity index (χ1v) is 2.83. The number of aryl methyl sites for hydroxylation is 1. The molecule has 0 spiro atoms. The number of benzene rings is 1. The van der Waals surface area contributed by atoms with Crippen LogP contribution >= 0.6 is 0 Å². The third-order valence-electron chi connectivity index (χ3n) is 1.20. The lowest BCUT2D eigenvalue weighted by Crippen LogP contribution is -1.75. The largest absolute Gasteiger partial charge is 0.204 e. The van der Waals surface area contributed by atoms with E-state index in [1.165, 1.54) is 12.1 Å². The van der Waals surface area contributed by atoms with Crippen molar-refractivity contribution in [2.24, 2.45) is 5.18 Å². The van der Waals surface area contributed by atoms with Crippen LogP contribution in [0.5, 0.6) is 0 Å². The highest BCUT2D eigenvalue weighted by Crippen LogP contribution is 2.17. The molecule has 0 aliphatic heterocycles. The van der Waals surface area contributed by atoms with Gasteiger partial charge in [-0.15, -0.1) is 4.91 Å². The second-order valence-corrected chi connectivity index (χ2v) is 2.05. The van der Waals surface area contributed by atoms with Crippen molar-refractivity contribution < 1.29 is 4.39 Å². The van der Waals surface area contributed by atoms with Gasteiger partial charge < -0.3 is 0 Å². The van der Waals surface area contributed by atoms with Crippen LogP contribution in [0, 0.1) is 17.6 Å². The molecule has 0 atom stereocenters. The van der Waals surface area contributed by atoms with Crippen LogP contribution in [0.1, 0.15) is 5.56 Å². The van der Waals surface area contributed by atoms with Crippen molar-refractivity contribution in [3.8, 4) is 0 Å². The smallest absolute Gasteiger partial charge is 0.152 e. The Hall–Kier alpha value is -1.25. The second kappa shape index (κ2) is 2.56. The van der Waals surface area contributed by atoms with E-state index in [1.807, 2.05) is 0 Å². The molecular formula is C7H6FNO. The lowest BCUT2D eigenvalue weighted by molar-refractivity contribution is 0.629. The molecule has 0 heterocycles. The SMILES string of the molecule is Cc1ccc(F)c(N=O)c1. The molecule has 2 nitrogen and oxygen atoms in total. The zero-order chi connectivity index (χ0) is 7.56.